The quantitative estimate of drug-likeness (QED) is 0.754. The van der Waals surface area contributed by atoms with Crippen molar-refractivity contribution in [2.45, 2.75) is 70.6 Å². The summed E-state index contributed by atoms with van der Waals surface area (Å²) in [6, 6.07) is 7.68. The van der Waals surface area contributed by atoms with Gasteiger partial charge in [0.25, 0.3) is 0 Å². The molecule has 2 atom stereocenters. The Morgan fingerprint density at radius 2 is 1.87 bits per heavy atom. The molecule has 1 aromatic carbocycles. The number of ether oxygens (including phenoxy) is 1. The lowest BCUT2D eigenvalue weighted by molar-refractivity contribution is -0.194. The van der Waals surface area contributed by atoms with Crippen LogP contribution in [0.25, 0.3) is 0 Å². The third kappa shape index (κ3) is 6.72. The van der Waals surface area contributed by atoms with Crippen LogP contribution in [0.3, 0.4) is 0 Å². The van der Waals surface area contributed by atoms with E-state index < -0.39 is 30.0 Å². The second-order valence-corrected chi connectivity index (χ2v) is 8.86. The lowest BCUT2D eigenvalue weighted by atomic mass is 9.97. The Balaban J connectivity index is 1.72. The molecule has 0 bridgehead atoms. The van der Waals surface area contributed by atoms with Gasteiger partial charge in [0.15, 0.2) is 0 Å². The van der Waals surface area contributed by atoms with Crippen molar-refractivity contribution in [3.05, 3.63) is 54.1 Å². The van der Waals surface area contributed by atoms with Gasteiger partial charge in [-0.2, -0.15) is 13.2 Å². The average Bonchev–Trinajstić information content (AvgIpc) is 3.07. The van der Waals surface area contributed by atoms with Crippen LogP contribution in [0.1, 0.15) is 45.0 Å². The van der Waals surface area contributed by atoms with Gasteiger partial charge in [0, 0.05) is 31.5 Å². The van der Waals surface area contributed by atoms with E-state index in [0.717, 1.165) is 5.56 Å². The zero-order valence-corrected chi connectivity index (χ0v) is 18.0. The summed E-state index contributed by atoms with van der Waals surface area (Å²) >= 11 is 0. The number of hydrogen-bond donors (Lipinski definition) is 1. The van der Waals surface area contributed by atoms with E-state index in [1.54, 1.807) is 33.2 Å². The van der Waals surface area contributed by atoms with Crippen molar-refractivity contribution in [3.8, 4) is 0 Å². The van der Waals surface area contributed by atoms with Crippen LogP contribution in [0, 0.1) is 0 Å². The normalized spacial score (nSPS) is 20.5. The highest BCUT2D eigenvalue weighted by Crippen LogP contribution is 2.33. The van der Waals surface area contributed by atoms with Gasteiger partial charge in [-0.3, -0.25) is 4.90 Å². The molecular formula is C22H29F3N4O2. The van der Waals surface area contributed by atoms with E-state index in [0.29, 0.717) is 12.4 Å². The Kier molecular flexibility index (Phi) is 6.93. The highest BCUT2D eigenvalue weighted by molar-refractivity contribution is 5.68. The number of carbonyl (C=O) groups excluding carboxylic acids is 1. The van der Waals surface area contributed by atoms with Gasteiger partial charge in [-0.05, 0) is 39.2 Å². The zero-order valence-electron chi connectivity index (χ0n) is 18.0. The maximum Gasteiger partial charge on any atom is 0.407 e. The molecule has 31 heavy (non-hydrogen) atoms. The molecule has 3 rings (SSSR count). The molecule has 1 N–H and O–H groups in total. The molecule has 2 heterocycles. The molecule has 1 aliphatic rings. The van der Waals surface area contributed by atoms with Crippen LogP contribution >= 0.6 is 0 Å². The van der Waals surface area contributed by atoms with Crippen molar-refractivity contribution in [2.75, 3.05) is 6.54 Å². The number of nitrogens with zero attached hydrogens (tertiary/aromatic N) is 3. The topological polar surface area (TPSA) is 59.4 Å². The largest absolute Gasteiger partial charge is 0.444 e. The standard InChI is InChI=1S/C22H29F3N4O2/c1-21(2,3)31-20(30)27-17-9-10-18(22(23,24)25)29(14-17)15-19-26-11-12-28(19)13-16-7-5-4-6-8-16/h4-8,11-12,17-18H,9-10,13-15H2,1-3H3,(H,27,30)/t17-,18-/m0/s1. The van der Waals surface area contributed by atoms with Crippen molar-refractivity contribution < 1.29 is 22.7 Å². The number of halogens is 3. The van der Waals surface area contributed by atoms with Crippen molar-refractivity contribution >= 4 is 6.09 Å². The number of nitrogens with one attached hydrogen (secondary N) is 1. The fraction of sp³-hybridized carbons (Fsp3) is 0.545. The number of hydrogen-bond acceptors (Lipinski definition) is 4. The maximum atomic E-state index is 13.7. The first-order valence-corrected chi connectivity index (χ1v) is 10.4. The monoisotopic (exact) mass is 438 g/mol. The first-order chi connectivity index (χ1) is 14.5. The molecule has 1 aromatic heterocycles. The minimum absolute atomic E-state index is 0.0382. The maximum absolute atomic E-state index is 13.7. The van der Waals surface area contributed by atoms with Crippen molar-refractivity contribution in [2.24, 2.45) is 0 Å². The van der Waals surface area contributed by atoms with Gasteiger partial charge in [-0.1, -0.05) is 30.3 Å². The highest BCUT2D eigenvalue weighted by Gasteiger charge is 2.46. The number of benzene rings is 1. The zero-order chi connectivity index (χ0) is 22.6. The Bertz CT molecular complexity index is 862. The van der Waals surface area contributed by atoms with Gasteiger partial charge in [0.1, 0.15) is 17.5 Å². The van der Waals surface area contributed by atoms with Crippen molar-refractivity contribution in [1.82, 2.24) is 19.8 Å². The predicted octanol–water partition coefficient (Wildman–Crippen LogP) is 4.35. The molecule has 170 valence electrons. The van der Waals surface area contributed by atoms with E-state index in [1.165, 1.54) is 4.90 Å². The van der Waals surface area contributed by atoms with Crippen LogP contribution < -0.4 is 5.32 Å². The number of rotatable bonds is 5. The summed E-state index contributed by atoms with van der Waals surface area (Å²) in [5.74, 6) is 0.552. The van der Waals surface area contributed by atoms with Crippen LogP contribution in [-0.2, 0) is 17.8 Å². The third-order valence-corrected chi connectivity index (χ3v) is 5.12. The Morgan fingerprint density at radius 1 is 1.16 bits per heavy atom. The molecule has 6 nitrogen and oxygen atoms in total. The van der Waals surface area contributed by atoms with Crippen LogP contribution in [0.5, 0.6) is 0 Å². The van der Waals surface area contributed by atoms with Crippen LogP contribution in [0.2, 0.25) is 0 Å². The Morgan fingerprint density at radius 3 is 2.52 bits per heavy atom. The number of alkyl carbamates (subject to hydrolysis) is 1. The Labute approximate surface area is 180 Å². The minimum Gasteiger partial charge on any atom is -0.444 e. The first-order valence-electron chi connectivity index (χ1n) is 10.4. The second-order valence-electron chi connectivity index (χ2n) is 8.86. The van der Waals surface area contributed by atoms with E-state index in [2.05, 4.69) is 10.3 Å². The fourth-order valence-corrected chi connectivity index (χ4v) is 3.78. The lowest BCUT2D eigenvalue weighted by Crippen LogP contribution is -2.56. The molecule has 0 aliphatic carbocycles. The summed E-state index contributed by atoms with van der Waals surface area (Å²) in [5.41, 5.74) is 0.368. The molecule has 1 amide bonds. The van der Waals surface area contributed by atoms with E-state index in [4.69, 9.17) is 4.74 Å². The van der Waals surface area contributed by atoms with Crippen molar-refractivity contribution in [1.29, 1.82) is 0 Å². The number of alkyl halides is 3. The molecule has 0 unspecified atom stereocenters. The lowest BCUT2D eigenvalue weighted by Gasteiger charge is -2.40. The molecule has 0 radical (unpaired) electrons. The SMILES string of the molecule is CC(C)(C)OC(=O)N[C@H]1CC[C@@H](C(F)(F)F)N(Cc2nccn2Cc2ccccc2)C1. The number of imidazole rings is 1. The molecule has 9 heteroatoms. The van der Waals surface area contributed by atoms with Gasteiger partial charge < -0.3 is 14.6 Å². The molecule has 1 aliphatic heterocycles. The summed E-state index contributed by atoms with van der Waals surface area (Å²) in [6.45, 7) is 5.86. The van der Waals surface area contributed by atoms with E-state index in [-0.39, 0.29) is 25.9 Å². The molecule has 1 fully saturated rings. The minimum atomic E-state index is -4.35. The van der Waals surface area contributed by atoms with Crippen molar-refractivity contribution in [3.63, 3.8) is 0 Å². The van der Waals surface area contributed by atoms with Crippen LogP contribution in [0.15, 0.2) is 42.7 Å². The highest BCUT2D eigenvalue weighted by atomic mass is 19.4. The molecule has 2 aromatic rings. The molecule has 0 spiro atoms. The van der Waals surface area contributed by atoms with E-state index in [9.17, 15) is 18.0 Å². The number of likely N-dealkylation sites (tertiary alicyclic amines) is 1. The summed E-state index contributed by atoms with van der Waals surface area (Å²) in [7, 11) is 0. The number of aromatic nitrogens is 2. The first kappa shape index (κ1) is 23.1. The van der Waals surface area contributed by atoms with E-state index in [1.807, 2.05) is 34.9 Å². The van der Waals surface area contributed by atoms with E-state index >= 15 is 0 Å². The van der Waals surface area contributed by atoms with Gasteiger partial charge in [0.05, 0.1) is 6.54 Å². The number of piperidine rings is 1. The number of amides is 1. The van der Waals surface area contributed by atoms with Gasteiger partial charge >= 0.3 is 12.3 Å². The van der Waals surface area contributed by atoms with Crippen LogP contribution in [-0.4, -0.2) is 51.0 Å². The summed E-state index contributed by atoms with van der Waals surface area (Å²) in [5, 5.41) is 2.71. The summed E-state index contributed by atoms with van der Waals surface area (Å²) in [4.78, 5) is 17.8. The fourth-order valence-electron chi connectivity index (χ4n) is 3.78. The Hall–Kier alpha value is -2.55. The molecule has 0 saturated carbocycles. The second kappa shape index (κ2) is 9.30. The van der Waals surface area contributed by atoms with Gasteiger partial charge in [0.2, 0.25) is 0 Å². The summed E-state index contributed by atoms with van der Waals surface area (Å²) < 4.78 is 48.2. The molecule has 1 saturated heterocycles. The average molecular weight is 438 g/mol. The third-order valence-electron chi connectivity index (χ3n) is 5.12. The predicted molar refractivity (Wildman–Crippen MR) is 110 cm³/mol. The van der Waals surface area contributed by atoms with Crippen LogP contribution in [0.4, 0.5) is 18.0 Å². The van der Waals surface area contributed by atoms with Gasteiger partial charge in [-0.25, -0.2) is 9.78 Å². The smallest absolute Gasteiger partial charge is 0.407 e. The molecular weight excluding hydrogens is 409 g/mol. The summed E-state index contributed by atoms with van der Waals surface area (Å²) in [6.07, 6.45) is -1.46. The number of carbonyl (C=O) groups is 1. The van der Waals surface area contributed by atoms with Gasteiger partial charge in [-0.15, -0.1) is 0 Å².